The van der Waals surface area contributed by atoms with Gasteiger partial charge in [0.15, 0.2) is 0 Å². The predicted molar refractivity (Wildman–Crippen MR) is 34.3 cm³/mol. The van der Waals surface area contributed by atoms with E-state index in [1.165, 1.54) is 0 Å². The Bertz CT molecular complexity index is 45.5. The molecule has 0 aliphatic carbocycles. The standard InChI is InChI=1S/C4H11NO.CH2O2/c1-5-3-2-4-6;2-1-3/h5-6H,2-4H2,1H3;1H,(H,2,3). The maximum absolute atomic E-state index is 8.36. The maximum atomic E-state index is 8.36. The van der Waals surface area contributed by atoms with Gasteiger partial charge >= 0.3 is 0 Å². The van der Waals surface area contributed by atoms with Gasteiger partial charge in [0.25, 0.3) is 6.47 Å². The molecule has 0 rings (SSSR count). The molecule has 4 nitrogen and oxygen atoms in total. The van der Waals surface area contributed by atoms with Crippen LogP contribution in [0.3, 0.4) is 0 Å². The van der Waals surface area contributed by atoms with Gasteiger partial charge in [0, 0.05) is 6.61 Å². The zero-order valence-electron chi connectivity index (χ0n) is 5.50. The predicted octanol–water partition coefficient (Wildman–Crippen LogP) is -0.711. The van der Waals surface area contributed by atoms with Crippen molar-refractivity contribution in [2.45, 2.75) is 6.42 Å². The van der Waals surface area contributed by atoms with E-state index in [1.54, 1.807) is 0 Å². The SMILES string of the molecule is CNCCCO.O=CO. The smallest absolute Gasteiger partial charge is 0.290 e. The van der Waals surface area contributed by atoms with Crippen molar-refractivity contribution >= 4 is 6.47 Å². The first-order valence-electron chi connectivity index (χ1n) is 2.66. The van der Waals surface area contributed by atoms with Crippen LogP contribution in [-0.4, -0.2) is 36.9 Å². The summed E-state index contributed by atoms with van der Waals surface area (Å²) in [6.07, 6.45) is 0.858. The van der Waals surface area contributed by atoms with Crippen molar-refractivity contribution in [1.82, 2.24) is 5.32 Å². The second-order valence-electron chi connectivity index (χ2n) is 1.29. The van der Waals surface area contributed by atoms with Crippen molar-refractivity contribution in [3.8, 4) is 0 Å². The molecule has 0 heterocycles. The average molecular weight is 135 g/mol. The van der Waals surface area contributed by atoms with Crippen molar-refractivity contribution in [3.05, 3.63) is 0 Å². The van der Waals surface area contributed by atoms with Crippen molar-refractivity contribution in [3.63, 3.8) is 0 Å². The highest BCUT2D eigenvalue weighted by Crippen LogP contribution is 1.66. The average Bonchev–Trinajstić information content (AvgIpc) is 1.86. The summed E-state index contributed by atoms with van der Waals surface area (Å²) in [6.45, 7) is 0.956. The lowest BCUT2D eigenvalue weighted by Gasteiger charge is -1.89. The van der Waals surface area contributed by atoms with Crippen molar-refractivity contribution < 1.29 is 15.0 Å². The molecule has 0 saturated carbocycles. The molecule has 0 aromatic carbocycles. The molecule has 0 unspecified atom stereocenters. The van der Waals surface area contributed by atoms with E-state index < -0.39 is 0 Å². The van der Waals surface area contributed by atoms with E-state index >= 15 is 0 Å². The molecule has 0 saturated heterocycles. The number of carboxylic acid groups (broad SMARTS) is 1. The second-order valence-corrected chi connectivity index (χ2v) is 1.29. The van der Waals surface area contributed by atoms with Crippen LogP contribution in [-0.2, 0) is 4.79 Å². The second kappa shape index (κ2) is 15.7. The molecule has 0 aliphatic rings. The molecule has 0 amide bonds. The summed E-state index contributed by atoms with van der Waals surface area (Å²) < 4.78 is 0. The Labute approximate surface area is 54.5 Å². The third-order valence-corrected chi connectivity index (χ3v) is 0.585. The first-order chi connectivity index (χ1) is 4.33. The molecule has 0 fully saturated rings. The Balaban J connectivity index is 0. The van der Waals surface area contributed by atoms with Crippen molar-refractivity contribution in [2.75, 3.05) is 20.2 Å². The topological polar surface area (TPSA) is 69.6 Å². The van der Waals surface area contributed by atoms with Crippen LogP contribution in [0, 0.1) is 0 Å². The third-order valence-electron chi connectivity index (χ3n) is 0.585. The summed E-state index contributed by atoms with van der Waals surface area (Å²) in [5.74, 6) is 0. The van der Waals surface area contributed by atoms with E-state index in [0.717, 1.165) is 13.0 Å². The van der Waals surface area contributed by atoms with E-state index in [1.807, 2.05) is 7.05 Å². The molecule has 0 spiro atoms. The number of aliphatic hydroxyl groups excluding tert-OH is 1. The van der Waals surface area contributed by atoms with Crippen LogP contribution >= 0.6 is 0 Å². The van der Waals surface area contributed by atoms with Gasteiger partial charge < -0.3 is 15.5 Å². The van der Waals surface area contributed by atoms with Crippen LogP contribution in [0.25, 0.3) is 0 Å². The number of rotatable bonds is 3. The molecule has 0 aliphatic heterocycles. The van der Waals surface area contributed by atoms with Crippen LogP contribution in [0.1, 0.15) is 6.42 Å². The Morgan fingerprint density at radius 3 is 2.22 bits per heavy atom. The largest absolute Gasteiger partial charge is 0.483 e. The minimum Gasteiger partial charge on any atom is -0.483 e. The van der Waals surface area contributed by atoms with E-state index in [0.29, 0.717) is 6.61 Å². The summed E-state index contributed by atoms with van der Waals surface area (Å²) >= 11 is 0. The van der Waals surface area contributed by atoms with Gasteiger partial charge in [-0.1, -0.05) is 0 Å². The molecule has 4 heteroatoms. The number of hydrogen-bond acceptors (Lipinski definition) is 3. The zero-order valence-corrected chi connectivity index (χ0v) is 5.50. The van der Waals surface area contributed by atoms with E-state index in [2.05, 4.69) is 5.32 Å². The summed E-state index contributed by atoms with van der Waals surface area (Å²) in [6, 6.07) is 0. The fraction of sp³-hybridized carbons (Fsp3) is 0.800. The highest BCUT2D eigenvalue weighted by atomic mass is 16.3. The van der Waals surface area contributed by atoms with Crippen LogP contribution < -0.4 is 5.32 Å². The maximum Gasteiger partial charge on any atom is 0.290 e. The Kier molecular flexibility index (Phi) is 19.5. The van der Waals surface area contributed by atoms with Crippen LogP contribution in [0.15, 0.2) is 0 Å². The Hall–Kier alpha value is -0.610. The molecule has 0 bridgehead atoms. The normalized spacial score (nSPS) is 7.33. The fourth-order valence-corrected chi connectivity index (χ4v) is 0.256. The lowest BCUT2D eigenvalue weighted by Crippen LogP contribution is -2.08. The molecular formula is C5H13NO3. The Morgan fingerprint density at radius 2 is 2.11 bits per heavy atom. The Morgan fingerprint density at radius 1 is 1.67 bits per heavy atom. The first kappa shape index (κ1) is 11.2. The summed E-state index contributed by atoms with van der Waals surface area (Å²) in [7, 11) is 1.87. The molecule has 3 N–H and O–H groups in total. The molecule has 56 valence electrons. The number of nitrogens with one attached hydrogen (secondary N) is 1. The summed E-state index contributed by atoms with van der Waals surface area (Å²) in [5.41, 5.74) is 0. The van der Waals surface area contributed by atoms with Crippen molar-refractivity contribution in [1.29, 1.82) is 0 Å². The molecule has 0 aromatic rings. The molecular weight excluding hydrogens is 122 g/mol. The molecule has 0 aromatic heterocycles. The van der Waals surface area contributed by atoms with E-state index in [4.69, 9.17) is 15.0 Å². The lowest BCUT2D eigenvalue weighted by molar-refractivity contribution is -0.122. The molecule has 0 atom stereocenters. The number of hydrogen-bond donors (Lipinski definition) is 3. The van der Waals surface area contributed by atoms with E-state index in [9.17, 15) is 0 Å². The minimum atomic E-state index is -0.250. The van der Waals surface area contributed by atoms with Crippen LogP contribution in [0.4, 0.5) is 0 Å². The summed E-state index contributed by atoms with van der Waals surface area (Å²) in [5, 5.41) is 18.0. The first-order valence-corrected chi connectivity index (χ1v) is 2.66. The number of carbonyl (C=O) groups is 1. The fourth-order valence-electron chi connectivity index (χ4n) is 0.256. The van der Waals surface area contributed by atoms with Gasteiger partial charge in [-0.3, -0.25) is 4.79 Å². The van der Waals surface area contributed by atoms with Gasteiger partial charge in [0.1, 0.15) is 0 Å². The van der Waals surface area contributed by atoms with Crippen molar-refractivity contribution in [2.24, 2.45) is 0 Å². The highest BCUT2D eigenvalue weighted by molar-refractivity contribution is 5.32. The third kappa shape index (κ3) is 37.6. The number of aliphatic hydroxyl groups is 1. The zero-order chi connectivity index (χ0) is 7.54. The summed E-state index contributed by atoms with van der Waals surface area (Å²) in [4.78, 5) is 8.36. The van der Waals surface area contributed by atoms with Gasteiger partial charge in [0.2, 0.25) is 0 Å². The molecule has 0 radical (unpaired) electrons. The molecule has 9 heavy (non-hydrogen) atoms. The lowest BCUT2D eigenvalue weighted by atomic mass is 10.5. The van der Waals surface area contributed by atoms with Crippen LogP contribution in [0.5, 0.6) is 0 Å². The van der Waals surface area contributed by atoms with Gasteiger partial charge in [0.05, 0.1) is 0 Å². The highest BCUT2D eigenvalue weighted by Gasteiger charge is 1.74. The van der Waals surface area contributed by atoms with Crippen LogP contribution in [0.2, 0.25) is 0 Å². The van der Waals surface area contributed by atoms with Gasteiger partial charge in [-0.25, -0.2) is 0 Å². The van der Waals surface area contributed by atoms with Gasteiger partial charge in [-0.15, -0.1) is 0 Å². The quantitative estimate of drug-likeness (QED) is 0.353. The minimum absolute atomic E-state index is 0.250. The van der Waals surface area contributed by atoms with Gasteiger partial charge in [-0.2, -0.15) is 0 Å². The monoisotopic (exact) mass is 135 g/mol. The van der Waals surface area contributed by atoms with E-state index in [-0.39, 0.29) is 6.47 Å². The van der Waals surface area contributed by atoms with Gasteiger partial charge in [-0.05, 0) is 20.0 Å².